The van der Waals surface area contributed by atoms with Gasteiger partial charge in [-0.3, -0.25) is 19.4 Å². The van der Waals surface area contributed by atoms with Crippen molar-refractivity contribution in [1.29, 1.82) is 0 Å². The number of aromatic nitrogens is 1. The Bertz CT molecular complexity index is 1780. The van der Waals surface area contributed by atoms with Gasteiger partial charge in [-0.25, -0.2) is 8.42 Å². The number of hydrogen-bond donors (Lipinski definition) is 1. The molecule has 2 amide bonds. The van der Waals surface area contributed by atoms with Gasteiger partial charge >= 0.3 is 0 Å². The number of hydrogen-bond acceptors (Lipinski definition) is 8. The van der Waals surface area contributed by atoms with Crippen LogP contribution in [0.4, 0.5) is 5.69 Å². The number of aliphatic hydroxyl groups excluding tert-OH is 1. The third-order valence-corrected chi connectivity index (χ3v) is 9.79. The number of pyridine rings is 1. The highest BCUT2D eigenvalue weighted by atomic mass is 32.2. The van der Waals surface area contributed by atoms with E-state index >= 15 is 0 Å². The molecule has 1 aromatic heterocycles. The third-order valence-electron chi connectivity index (χ3n) is 7.90. The van der Waals surface area contributed by atoms with Crippen LogP contribution in [-0.2, 0) is 41.2 Å². The fourth-order valence-electron chi connectivity index (χ4n) is 5.96. The van der Waals surface area contributed by atoms with Gasteiger partial charge in [0, 0.05) is 49.7 Å². The molecule has 2 fully saturated rings. The van der Waals surface area contributed by atoms with Crippen molar-refractivity contribution in [3.05, 3.63) is 108 Å². The van der Waals surface area contributed by atoms with Gasteiger partial charge in [-0.15, -0.1) is 6.58 Å². The molecule has 220 valence electrons. The predicted molar refractivity (Wildman–Crippen MR) is 156 cm³/mol. The summed E-state index contributed by atoms with van der Waals surface area (Å²) in [6.45, 7) is 4.54. The van der Waals surface area contributed by atoms with Crippen molar-refractivity contribution in [1.82, 2.24) is 14.2 Å². The van der Waals surface area contributed by atoms with E-state index in [1.807, 2.05) is 0 Å². The Labute approximate surface area is 248 Å². The number of likely N-dealkylation sites (tertiary alicyclic amines) is 1. The Hall–Kier alpha value is -4.65. The van der Waals surface area contributed by atoms with Crippen molar-refractivity contribution in [3.8, 4) is 0 Å². The lowest BCUT2D eigenvalue weighted by molar-refractivity contribution is -0.144. The number of ketones is 1. The zero-order valence-electron chi connectivity index (χ0n) is 23.0. The summed E-state index contributed by atoms with van der Waals surface area (Å²) in [6, 6.07) is 15.7. The van der Waals surface area contributed by atoms with Gasteiger partial charge in [-0.1, -0.05) is 42.5 Å². The number of rotatable bonds is 7. The van der Waals surface area contributed by atoms with E-state index in [9.17, 15) is 27.9 Å². The van der Waals surface area contributed by atoms with Crippen molar-refractivity contribution in [2.24, 2.45) is 0 Å². The largest absolute Gasteiger partial charge is 0.507 e. The average molecular weight is 601 g/mol. The van der Waals surface area contributed by atoms with Gasteiger partial charge in [0.2, 0.25) is 10.0 Å². The number of benzene rings is 2. The fourth-order valence-corrected chi connectivity index (χ4v) is 7.41. The molecule has 1 unspecified atom stereocenters. The number of carbonyl (C=O) groups excluding carboxylic acids is 3. The van der Waals surface area contributed by atoms with Gasteiger partial charge in [0.1, 0.15) is 5.76 Å². The Kier molecular flexibility index (Phi) is 7.20. The molecular weight excluding hydrogens is 572 g/mol. The van der Waals surface area contributed by atoms with Gasteiger partial charge in [-0.05, 0) is 29.8 Å². The van der Waals surface area contributed by atoms with Crippen LogP contribution in [0.2, 0.25) is 0 Å². The molecule has 4 heterocycles. The van der Waals surface area contributed by atoms with Crippen LogP contribution in [-0.4, -0.2) is 78.2 Å². The zero-order valence-corrected chi connectivity index (χ0v) is 23.9. The van der Waals surface area contributed by atoms with Crippen molar-refractivity contribution in [2.45, 2.75) is 17.0 Å². The number of anilines is 1. The number of amides is 2. The van der Waals surface area contributed by atoms with Crippen LogP contribution in [0.3, 0.4) is 0 Å². The molecule has 1 spiro atoms. The molecular formula is C31H28N4O7S. The molecule has 0 aliphatic carbocycles. The first-order valence-corrected chi connectivity index (χ1v) is 15.1. The maximum Gasteiger partial charge on any atom is 0.296 e. The number of carbonyl (C=O) groups is 3. The quantitative estimate of drug-likeness (QED) is 0.189. The van der Waals surface area contributed by atoms with E-state index < -0.39 is 44.5 Å². The van der Waals surface area contributed by atoms with Crippen molar-refractivity contribution >= 4 is 39.1 Å². The summed E-state index contributed by atoms with van der Waals surface area (Å²) in [7, 11) is -3.96. The van der Waals surface area contributed by atoms with Crippen LogP contribution in [0.15, 0.2) is 96.2 Å². The zero-order chi connectivity index (χ0) is 30.4. The molecule has 3 aliphatic rings. The molecule has 11 nitrogen and oxygen atoms in total. The first-order chi connectivity index (χ1) is 20.7. The Morgan fingerprint density at radius 2 is 1.81 bits per heavy atom. The summed E-state index contributed by atoms with van der Waals surface area (Å²) in [4.78, 5) is 48.7. The van der Waals surface area contributed by atoms with Gasteiger partial charge in [0.15, 0.2) is 5.54 Å². The van der Waals surface area contributed by atoms with Crippen LogP contribution in [0.5, 0.6) is 0 Å². The van der Waals surface area contributed by atoms with E-state index in [4.69, 9.17) is 4.74 Å². The number of para-hydroxylation sites is 1. The van der Waals surface area contributed by atoms with Crippen molar-refractivity contribution in [3.63, 3.8) is 0 Å². The van der Waals surface area contributed by atoms with Crippen LogP contribution >= 0.6 is 0 Å². The highest BCUT2D eigenvalue weighted by Crippen LogP contribution is 2.54. The van der Waals surface area contributed by atoms with E-state index in [0.29, 0.717) is 16.8 Å². The molecule has 12 heteroatoms. The van der Waals surface area contributed by atoms with E-state index in [1.165, 1.54) is 45.7 Å². The van der Waals surface area contributed by atoms with Gasteiger partial charge in [0.25, 0.3) is 17.6 Å². The maximum absolute atomic E-state index is 14.5. The Morgan fingerprint density at radius 1 is 1.05 bits per heavy atom. The normalized spacial score (nSPS) is 21.9. The molecule has 0 bridgehead atoms. The van der Waals surface area contributed by atoms with Crippen molar-refractivity contribution in [2.75, 3.05) is 37.7 Å². The molecule has 2 aromatic carbocycles. The predicted octanol–water partition coefficient (Wildman–Crippen LogP) is 2.41. The highest BCUT2D eigenvalue weighted by molar-refractivity contribution is 7.89. The number of nitrogens with zero attached hydrogens (tertiary/aromatic N) is 4. The summed E-state index contributed by atoms with van der Waals surface area (Å²) < 4.78 is 33.4. The molecule has 6 rings (SSSR count). The molecule has 1 N–H and O–H groups in total. The average Bonchev–Trinajstić information content (AvgIpc) is 3.41. The van der Waals surface area contributed by atoms with E-state index in [2.05, 4.69) is 11.6 Å². The van der Waals surface area contributed by atoms with Crippen LogP contribution in [0, 0.1) is 0 Å². The van der Waals surface area contributed by atoms with Crippen molar-refractivity contribution < 1.29 is 32.6 Å². The lowest BCUT2D eigenvalue weighted by Gasteiger charge is -2.34. The van der Waals surface area contributed by atoms with E-state index in [-0.39, 0.29) is 49.9 Å². The molecule has 1 atom stereocenters. The summed E-state index contributed by atoms with van der Waals surface area (Å²) in [6.07, 6.45) is 4.62. The highest BCUT2D eigenvalue weighted by Gasteiger charge is 2.67. The summed E-state index contributed by atoms with van der Waals surface area (Å²) >= 11 is 0. The van der Waals surface area contributed by atoms with Crippen LogP contribution in [0.1, 0.15) is 16.7 Å². The lowest BCUT2D eigenvalue weighted by Crippen LogP contribution is -2.51. The minimum atomic E-state index is -3.96. The molecule has 0 radical (unpaired) electrons. The lowest BCUT2D eigenvalue weighted by atomic mass is 9.81. The van der Waals surface area contributed by atoms with Gasteiger partial charge in [0.05, 0.1) is 29.4 Å². The Morgan fingerprint density at radius 3 is 2.53 bits per heavy atom. The second kappa shape index (κ2) is 10.9. The van der Waals surface area contributed by atoms with Crippen LogP contribution in [0.25, 0.3) is 5.76 Å². The fraction of sp³-hybridized carbons (Fsp3) is 0.226. The summed E-state index contributed by atoms with van der Waals surface area (Å²) in [5.41, 5.74) is -1.13. The number of morpholine rings is 1. The number of fused-ring (bicyclic) bond motifs is 2. The summed E-state index contributed by atoms with van der Waals surface area (Å²) in [5, 5.41) is 11.8. The molecule has 3 aliphatic heterocycles. The third kappa shape index (κ3) is 4.37. The Balaban J connectivity index is 1.57. The minimum absolute atomic E-state index is 0.0273. The molecule has 0 saturated carbocycles. The molecule has 43 heavy (non-hydrogen) atoms. The number of aliphatic hydroxyl groups is 1. The monoisotopic (exact) mass is 600 g/mol. The smallest absolute Gasteiger partial charge is 0.296 e. The van der Waals surface area contributed by atoms with E-state index in [0.717, 1.165) is 4.90 Å². The maximum atomic E-state index is 14.5. The number of sulfonamides is 1. The molecule has 3 aromatic rings. The van der Waals surface area contributed by atoms with Gasteiger partial charge in [-0.2, -0.15) is 4.31 Å². The number of Topliss-reactive ketones (excluding diaryl/α,β-unsaturated/α-hetero) is 1. The second-order valence-electron chi connectivity index (χ2n) is 10.3. The van der Waals surface area contributed by atoms with Gasteiger partial charge < -0.3 is 19.6 Å². The topological polar surface area (TPSA) is 137 Å². The van der Waals surface area contributed by atoms with E-state index in [1.54, 1.807) is 42.6 Å². The second-order valence-corrected chi connectivity index (χ2v) is 12.2. The standard InChI is InChI=1S/C31H28N4O7S/c1-2-13-34-25-11-4-3-10-24(25)31(30(34)39)26(28(37)29(38)35(31)20-21-7-6-12-32-19-21)27(36)22-8-5-9-23(18-22)43(40,41)33-14-16-42-17-15-33/h2-12,18-19,36H,1,13-17,20H2/b27-26+. The first kappa shape index (κ1) is 28.5. The minimum Gasteiger partial charge on any atom is -0.507 e. The first-order valence-electron chi connectivity index (χ1n) is 13.6. The number of ether oxygens (including phenoxy) is 1. The SMILES string of the molecule is C=CCN1C(=O)C2(/C(=C(/O)c3cccc(S(=O)(=O)N4CCOCC4)c3)C(=O)C(=O)N2Cc2cccnc2)c2ccccc21. The molecule has 2 saturated heterocycles. The van der Waals surface area contributed by atoms with Crippen LogP contribution < -0.4 is 4.90 Å². The summed E-state index contributed by atoms with van der Waals surface area (Å²) in [5.74, 6) is -3.32.